The van der Waals surface area contributed by atoms with Gasteiger partial charge in [0.1, 0.15) is 0 Å². The van der Waals surface area contributed by atoms with Gasteiger partial charge in [0.05, 0.1) is 0 Å². The number of carbonyl (C=O) groups excluding carboxylic acids is 1. The van der Waals surface area contributed by atoms with Gasteiger partial charge in [-0.2, -0.15) is 0 Å². The lowest BCUT2D eigenvalue weighted by Gasteiger charge is -2.07. The van der Waals surface area contributed by atoms with Crippen LogP contribution >= 0.6 is 11.9 Å². The summed E-state index contributed by atoms with van der Waals surface area (Å²) in [4.78, 5) is 12.7. The number of nitrogens with one attached hydrogen (secondary N) is 2. The highest BCUT2D eigenvalue weighted by Gasteiger charge is 2.00. The van der Waals surface area contributed by atoms with Gasteiger partial charge >= 0.3 is 6.03 Å². The lowest BCUT2D eigenvalue weighted by molar-refractivity contribution is 0.246. The fourth-order valence-electron chi connectivity index (χ4n) is 2.44. The SMILES string of the molecule is CCCCCCCCCCCCNC(=O)NSc1ccccc1. The molecule has 0 radical (unpaired) electrons. The van der Waals surface area contributed by atoms with Gasteiger partial charge in [0.25, 0.3) is 0 Å². The van der Waals surface area contributed by atoms with Gasteiger partial charge in [-0.05, 0) is 30.5 Å². The third-order valence-corrected chi connectivity index (χ3v) is 4.62. The third kappa shape index (κ3) is 12.0. The maximum atomic E-state index is 11.6. The molecule has 1 rings (SSSR count). The minimum atomic E-state index is -0.102. The Morgan fingerprint density at radius 2 is 1.43 bits per heavy atom. The van der Waals surface area contributed by atoms with Crippen LogP contribution in [-0.4, -0.2) is 12.6 Å². The van der Waals surface area contributed by atoms with Gasteiger partial charge < -0.3 is 5.32 Å². The summed E-state index contributed by atoms with van der Waals surface area (Å²) in [5, 5.41) is 2.91. The number of carbonyl (C=O) groups is 1. The van der Waals surface area contributed by atoms with Crippen molar-refractivity contribution in [3.05, 3.63) is 30.3 Å². The smallest absolute Gasteiger partial charge is 0.325 e. The molecule has 0 aromatic heterocycles. The largest absolute Gasteiger partial charge is 0.337 e. The van der Waals surface area contributed by atoms with E-state index in [0.717, 1.165) is 17.9 Å². The van der Waals surface area contributed by atoms with Crippen LogP contribution in [0.25, 0.3) is 0 Å². The quantitative estimate of drug-likeness (QED) is 0.347. The number of hydrogen-bond acceptors (Lipinski definition) is 2. The number of benzene rings is 1. The summed E-state index contributed by atoms with van der Waals surface area (Å²) < 4.78 is 2.80. The van der Waals surface area contributed by atoms with E-state index in [0.29, 0.717) is 0 Å². The molecule has 0 saturated carbocycles. The van der Waals surface area contributed by atoms with Crippen molar-refractivity contribution < 1.29 is 4.79 Å². The van der Waals surface area contributed by atoms with Crippen LogP contribution in [0.2, 0.25) is 0 Å². The van der Waals surface area contributed by atoms with Crippen molar-refractivity contribution in [3.8, 4) is 0 Å². The normalized spacial score (nSPS) is 10.5. The molecule has 3 nitrogen and oxygen atoms in total. The predicted octanol–water partition coefficient (Wildman–Crippen LogP) is 5.91. The Morgan fingerprint density at radius 3 is 2.04 bits per heavy atom. The van der Waals surface area contributed by atoms with E-state index in [9.17, 15) is 4.79 Å². The molecular formula is C19H32N2OS. The maximum absolute atomic E-state index is 11.6. The Hall–Kier alpha value is -1.16. The molecule has 0 aliphatic rings. The molecule has 2 N–H and O–H groups in total. The lowest BCUT2D eigenvalue weighted by atomic mass is 10.1. The van der Waals surface area contributed by atoms with Crippen LogP contribution in [0.4, 0.5) is 4.79 Å². The van der Waals surface area contributed by atoms with Gasteiger partial charge in [0.15, 0.2) is 0 Å². The Bertz CT molecular complexity index is 398. The Kier molecular flexibility index (Phi) is 12.5. The average molecular weight is 337 g/mol. The molecule has 4 heteroatoms. The molecular weight excluding hydrogens is 304 g/mol. The molecule has 0 heterocycles. The van der Waals surface area contributed by atoms with Gasteiger partial charge in [-0.25, -0.2) is 4.79 Å². The number of rotatable bonds is 13. The molecule has 0 aliphatic heterocycles. The van der Waals surface area contributed by atoms with Gasteiger partial charge in [-0.3, -0.25) is 4.72 Å². The summed E-state index contributed by atoms with van der Waals surface area (Å²) in [7, 11) is 0. The van der Waals surface area contributed by atoms with E-state index in [1.807, 2.05) is 30.3 Å². The number of unbranched alkanes of at least 4 members (excludes halogenated alkanes) is 9. The molecule has 0 spiro atoms. The minimum absolute atomic E-state index is 0.102. The highest BCUT2D eigenvalue weighted by Crippen LogP contribution is 2.12. The van der Waals surface area contributed by atoms with Gasteiger partial charge in [0, 0.05) is 11.4 Å². The van der Waals surface area contributed by atoms with Crippen molar-refractivity contribution in [2.75, 3.05) is 6.54 Å². The van der Waals surface area contributed by atoms with Crippen LogP contribution in [0, 0.1) is 0 Å². The van der Waals surface area contributed by atoms with E-state index in [1.54, 1.807) is 0 Å². The molecule has 1 aromatic rings. The Morgan fingerprint density at radius 1 is 0.870 bits per heavy atom. The van der Waals surface area contributed by atoms with Gasteiger partial charge in [-0.1, -0.05) is 82.9 Å². The van der Waals surface area contributed by atoms with Gasteiger partial charge in [-0.15, -0.1) is 0 Å². The summed E-state index contributed by atoms with van der Waals surface area (Å²) in [6.07, 6.45) is 13.2. The lowest BCUT2D eigenvalue weighted by Crippen LogP contribution is -2.31. The van der Waals surface area contributed by atoms with Crippen LogP contribution in [-0.2, 0) is 0 Å². The predicted molar refractivity (Wildman–Crippen MR) is 101 cm³/mol. The van der Waals surface area contributed by atoms with Crippen LogP contribution < -0.4 is 10.0 Å². The molecule has 0 aliphatic carbocycles. The highest BCUT2D eigenvalue weighted by atomic mass is 32.2. The topological polar surface area (TPSA) is 41.1 Å². The van der Waals surface area contributed by atoms with E-state index in [4.69, 9.17) is 0 Å². The first-order chi connectivity index (χ1) is 11.3. The first-order valence-electron chi connectivity index (χ1n) is 9.08. The molecule has 0 atom stereocenters. The van der Waals surface area contributed by atoms with E-state index >= 15 is 0 Å². The van der Waals surface area contributed by atoms with Crippen LogP contribution in [0.5, 0.6) is 0 Å². The van der Waals surface area contributed by atoms with Crippen molar-refractivity contribution >= 4 is 18.0 Å². The second-order valence-corrected chi connectivity index (χ2v) is 6.83. The first kappa shape index (κ1) is 19.9. The van der Waals surface area contributed by atoms with Crippen molar-refractivity contribution in [2.24, 2.45) is 0 Å². The van der Waals surface area contributed by atoms with Crippen LogP contribution in [0.3, 0.4) is 0 Å². The first-order valence-corrected chi connectivity index (χ1v) is 9.90. The molecule has 23 heavy (non-hydrogen) atoms. The maximum Gasteiger partial charge on any atom is 0.325 e. The fourth-order valence-corrected chi connectivity index (χ4v) is 3.02. The molecule has 2 amide bonds. The number of urea groups is 1. The van der Waals surface area contributed by atoms with E-state index in [1.165, 1.54) is 69.7 Å². The average Bonchev–Trinajstić information content (AvgIpc) is 2.59. The van der Waals surface area contributed by atoms with Crippen molar-refractivity contribution in [3.63, 3.8) is 0 Å². The van der Waals surface area contributed by atoms with Crippen molar-refractivity contribution in [2.45, 2.75) is 76.0 Å². The molecule has 0 unspecified atom stereocenters. The van der Waals surface area contributed by atoms with E-state index < -0.39 is 0 Å². The summed E-state index contributed by atoms with van der Waals surface area (Å²) in [6.45, 7) is 3.02. The number of hydrogen-bond donors (Lipinski definition) is 2. The highest BCUT2D eigenvalue weighted by molar-refractivity contribution is 7.98. The fraction of sp³-hybridized carbons (Fsp3) is 0.632. The monoisotopic (exact) mass is 336 g/mol. The van der Waals surface area contributed by atoms with E-state index in [2.05, 4.69) is 17.0 Å². The minimum Gasteiger partial charge on any atom is -0.337 e. The molecule has 0 fully saturated rings. The standard InChI is InChI=1S/C19H32N2OS/c1-2-3-4-5-6-7-8-9-10-14-17-20-19(22)21-23-18-15-12-11-13-16-18/h11-13,15-16H,2-10,14,17H2,1H3,(H2,20,21,22). The van der Waals surface area contributed by atoms with Crippen LogP contribution in [0.15, 0.2) is 35.2 Å². The van der Waals surface area contributed by atoms with Crippen LogP contribution in [0.1, 0.15) is 71.1 Å². The summed E-state index contributed by atoms with van der Waals surface area (Å²) >= 11 is 1.35. The molecule has 130 valence electrons. The molecule has 1 aromatic carbocycles. The second-order valence-electron chi connectivity index (χ2n) is 5.96. The zero-order chi connectivity index (χ0) is 16.6. The summed E-state index contributed by atoms with van der Waals surface area (Å²) in [5.41, 5.74) is 0. The third-order valence-electron chi connectivity index (χ3n) is 3.82. The zero-order valence-corrected chi connectivity index (χ0v) is 15.3. The van der Waals surface area contributed by atoms with Crippen molar-refractivity contribution in [1.29, 1.82) is 0 Å². The Balaban J connectivity index is 1.84. The molecule has 0 bridgehead atoms. The zero-order valence-electron chi connectivity index (χ0n) is 14.5. The molecule has 0 saturated heterocycles. The number of amides is 2. The van der Waals surface area contributed by atoms with Crippen molar-refractivity contribution in [1.82, 2.24) is 10.0 Å². The van der Waals surface area contributed by atoms with Gasteiger partial charge in [0.2, 0.25) is 0 Å². The summed E-state index contributed by atoms with van der Waals surface area (Å²) in [6, 6.07) is 9.75. The van der Waals surface area contributed by atoms with E-state index in [-0.39, 0.29) is 6.03 Å². The second kappa shape index (κ2) is 14.4. The summed E-state index contributed by atoms with van der Waals surface area (Å²) in [5.74, 6) is 0. The Labute approximate surface area is 146 Å².